The third-order valence-electron chi connectivity index (χ3n) is 6.99. The van der Waals surface area contributed by atoms with Crippen molar-refractivity contribution in [3.8, 4) is 0 Å². The molecule has 2 saturated heterocycles. The van der Waals surface area contributed by atoms with Crippen molar-refractivity contribution in [1.29, 1.82) is 0 Å². The number of nitrogens with zero attached hydrogens (tertiary/aromatic N) is 2. The van der Waals surface area contributed by atoms with Crippen LogP contribution in [-0.4, -0.2) is 67.7 Å². The zero-order valence-corrected chi connectivity index (χ0v) is 19.5. The molecule has 1 N–H and O–H groups in total. The van der Waals surface area contributed by atoms with E-state index >= 15 is 0 Å². The summed E-state index contributed by atoms with van der Waals surface area (Å²) in [7, 11) is -3.99. The maximum Gasteiger partial charge on any atom is 0.289 e. The van der Waals surface area contributed by atoms with E-state index in [-0.39, 0.29) is 18.0 Å². The Morgan fingerprint density at radius 1 is 0.971 bits per heavy atom. The predicted octanol–water partition coefficient (Wildman–Crippen LogP) is 1.68. The van der Waals surface area contributed by atoms with Gasteiger partial charge in [0.2, 0.25) is 10.0 Å². The van der Waals surface area contributed by atoms with Crippen molar-refractivity contribution < 1.29 is 32.3 Å². The van der Waals surface area contributed by atoms with Gasteiger partial charge >= 0.3 is 0 Å². The molecular weight excluding hydrogens is 474 g/mol. The first-order chi connectivity index (χ1) is 16.8. The van der Waals surface area contributed by atoms with Gasteiger partial charge < -0.3 is 14.8 Å². The van der Waals surface area contributed by atoms with E-state index in [0.29, 0.717) is 54.9 Å². The Morgan fingerprint density at radius 3 is 2.34 bits per heavy atom. The number of benzene rings is 2. The second-order valence-corrected chi connectivity index (χ2v) is 10.9. The van der Waals surface area contributed by atoms with Gasteiger partial charge in [0.05, 0.1) is 34.9 Å². The lowest BCUT2D eigenvalue weighted by atomic mass is 10.1. The van der Waals surface area contributed by atoms with Crippen molar-refractivity contribution in [1.82, 2.24) is 9.21 Å². The van der Waals surface area contributed by atoms with Crippen molar-refractivity contribution >= 4 is 33.4 Å². The lowest BCUT2D eigenvalue weighted by Gasteiger charge is -2.32. The zero-order chi connectivity index (χ0) is 24.4. The Morgan fingerprint density at radius 2 is 1.66 bits per heavy atom. The zero-order valence-electron chi connectivity index (χ0n) is 18.7. The molecule has 0 bridgehead atoms. The minimum Gasteiger partial charge on any atom is -0.338 e. The van der Waals surface area contributed by atoms with Gasteiger partial charge in [-0.15, -0.1) is 0 Å². The number of carbonyl (C=O) groups excluding carboxylic acids is 3. The van der Waals surface area contributed by atoms with Gasteiger partial charge in [-0.1, -0.05) is 12.1 Å². The number of imide groups is 1. The van der Waals surface area contributed by atoms with Crippen LogP contribution in [0.5, 0.6) is 0 Å². The van der Waals surface area contributed by atoms with Crippen molar-refractivity contribution in [2.45, 2.75) is 36.0 Å². The van der Waals surface area contributed by atoms with Gasteiger partial charge in [-0.25, -0.2) is 8.42 Å². The summed E-state index contributed by atoms with van der Waals surface area (Å²) in [6.07, 6.45) is 1.76. The summed E-state index contributed by atoms with van der Waals surface area (Å²) < 4.78 is 40.1. The van der Waals surface area contributed by atoms with E-state index in [1.165, 1.54) is 22.5 Å². The maximum atomic E-state index is 13.7. The van der Waals surface area contributed by atoms with Crippen LogP contribution in [0.2, 0.25) is 0 Å². The average molecular weight is 498 g/mol. The first kappa shape index (κ1) is 22.4. The van der Waals surface area contributed by atoms with Gasteiger partial charge in [-0.05, 0) is 49.6 Å². The number of rotatable bonds is 4. The molecule has 2 aromatic rings. The smallest absolute Gasteiger partial charge is 0.289 e. The summed E-state index contributed by atoms with van der Waals surface area (Å²) in [5, 5.41) is 2.70. The highest BCUT2D eigenvalue weighted by atomic mass is 32.2. The second-order valence-electron chi connectivity index (χ2n) is 9.01. The molecular formula is C24H23N3O7S. The van der Waals surface area contributed by atoms with E-state index in [9.17, 15) is 22.8 Å². The molecule has 10 nitrogen and oxygen atoms in total. The Hall–Kier alpha value is -3.12. The van der Waals surface area contributed by atoms with Crippen molar-refractivity contribution in [2.75, 3.05) is 31.6 Å². The Balaban J connectivity index is 1.29. The molecule has 6 rings (SSSR count). The molecule has 2 fully saturated rings. The first-order valence-electron chi connectivity index (χ1n) is 11.5. The second kappa shape index (κ2) is 7.95. The van der Waals surface area contributed by atoms with E-state index in [2.05, 4.69) is 5.32 Å². The quantitative estimate of drug-likeness (QED) is 0.638. The monoisotopic (exact) mass is 497 g/mol. The number of nitrogens with one attached hydrogen (secondary N) is 1. The van der Waals surface area contributed by atoms with Crippen molar-refractivity contribution in [3.63, 3.8) is 0 Å². The maximum absolute atomic E-state index is 13.7. The van der Waals surface area contributed by atoms with Gasteiger partial charge in [0.1, 0.15) is 0 Å². The van der Waals surface area contributed by atoms with Crippen LogP contribution in [0.15, 0.2) is 47.4 Å². The highest BCUT2D eigenvalue weighted by Gasteiger charge is 2.52. The number of amides is 3. The first-order valence-corrected chi connectivity index (χ1v) is 13.0. The fourth-order valence-corrected chi connectivity index (χ4v) is 6.98. The molecule has 2 aromatic carbocycles. The third kappa shape index (κ3) is 3.26. The SMILES string of the molecule is O=C1c2ccccc2C(=O)N1C[C@@H]1CCCN1S(=O)(=O)c1ccc2c(c1)C1(OCCCO1)C(=O)N2. The van der Waals surface area contributed by atoms with Gasteiger partial charge in [-0.2, -0.15) is 4.31 Å². The summed E-state index contributed by atoms with van der Waals surface area (Å²) in [6, 6.07) is 10.4. The molecule has 11 heteroatoms. The molecule has 3 amide bonds. The minimum atomic E-state index is -3.99. The number of ether oxygens (including phenoxy) is 2. The highest BCUT2D eigenvalue weighted by Crippen LogP contribution is 2.43. The standard InChI is InChI=1S/C24H23N3O7S/c28-21-17-6-1-2-7-18(17)22(29)26(21)14-15-5-3-10-27(15)35(31,32)16-8-9-20-19(13-16)24(23(30)25-20)33-11-4-12-34-24/h1-2,6-9,13,15H,3-5,10-12,14H2,(H,25,30)/t15-/m0/s1. The number of fused-ring (bicyclic) bond motifs is 3. The van der Waals surface area contributed by atoms with Gasteiger partial charge in [0, 0.05) is 24.7 Å². The number of anilines is 1. The molecule has 1 spiro atoms. The van der Waals surface area contributed by atoms with Crippen molar-refractivity contribution in [2.24, 2.45) is 0 Å². The third-order valence-corrected chi connectivity index (χ3v) is 8.94. The van der Waals surface area contributed by atoms with Gasteiger partial charge in [0.15, 0.2) is 0 Å². The van der Waals surface area contributed by atoms with Crippen LogP contribution < -0.4 is 5.32 Å². The predicted molar refractivity (Wildman–Crippen MR) is 122 cm³/mol. The van der Waals surface area contributed by atoms with E-state index in [4.69, 9.17) is 9.47 Å². The molecule has 0 unspecified atom stereocenters. The van der Waals surface area contributed by atoms with Crippen LogP contribution in [0, 0.1) is 0 Å². The number of sulfonamides is 1. The van der Waals surface area contributed by atoms with Crippen LogP contribution in [0.25, 0.3) is 0 Å². The van der Waals surface area contributed by atoms with Gasteiger partial charge in [-0.3, -0.25) is 19.3 Å². The van der Waals surface area contributed by atoms with Crippen molar-refractivity contribution in [3.05, 3.63) is 59.2 Å². The highest BCUT2D eigenvalue weighted by molar-refractivity contribution is 7.89. The van der Waals surface area contributed by atoms with E-state index in [0.717, 1.165) is 4.90 Å². The summed E-state index contributed by atoms with van der Waals surface area (Å²) in [5.41, 5.74) is 1.44. The Kier molecular flexibility index (Phi) is 5.08. The molecule has 35 heavy (non-hydrogen) atoms. The minimum absolute atomic E-state index is 0.000778. The summed E-state index contributed by atoms with van der Waals surface area (Å²) >= 11 is 0. The van der Waals surface area contributed by atoms with E-state index in [1.54, 1.807) is 24.3 Å². The molecule has 4 aliphatic heterocycles. The normalized spacial score (nSPS) is 23.6. The fraction of sp³-hybridized carbons (Fsp3) is 0.375. The van der Waals surface area contributed by atoms with Crippen LogP contribution in [0.4, 0.5) is 5.69 Å². The molecule has 0 radical (unpaired) electrons. The molecule has 1 atom stereocenters. The topological polar surface area (TPSA) is 122 Å². The number of carbonyl (C=O) groups is 3. The molecule has 182 valence electrons. The molecule has 4 heterocycles. The number of hydrogen-bond acceptors (Lipinski definition) is 7. The molecule has 0 aliphatic carbocycles. The van der Waals surface area contributed by atoms with Crippen LogP contribution in [0.1, 0.15) is 45.5 Å². The summed E-state index contributed by atoms with van der Waals surface area (Å²) in [5.74, 6) is -2.95. The molecule has 4 aliphatic rings. The summed E-state index contributed by atoms with van der Waals surface area (Å²) in [4.78, 5) is 39.4. The Bertz CT molecular complexity index is 1330. The summed E-state index contributed by atoms with van der Waals surface area (Å²) in [6.45, 7) is 0.881. The van der Waals surface area contributed by atoms with Gasteiger partial charge in [0.25, 0.3) is 23.5 Å². The van der Waals surface area contributed by atoms with Crippen LogP contribution >= 0.6 is 0 Å². The van der Waals surface area contributed by atoms with Crippen LogP contribution in [0.3, 0.4) is 0 Å². The largest absolute Gasteiger partial charge is 0.338 e. The van der Waals surface area contributed by atoms with E-state index < -0.39 is 39.6 Å². The number of hydrogen-bond donors (Lipinski definition) is 1. The fourth-order valence-electron chi connectivity index (χ4n) is 5.27. The van der Waals surface area contributed by atoms with E-state index in [1.807, 2.05) is 0 Å². The lowest BCUT2D eigenvalue weighted by Crippen LogP contribution is -2.45. The average Bonchev–Trinajstić information content (AvgIpc) is 3.51. The van der Waals surface area contributed by atoms with Crippen LogP contribution in [-0.2, 0) is 30.1 Å². The lowest BCUT2D eigenvalue weighted by molar-refractivity contribution is -0.255. The Labute approximate surface area is 201 Å². The molecule has 0 saturated carbocycles. The molecule has 0 aromatic heterocycles.